The molecule has 4 rings (SSSR count). The first-order chi connectivity index (χ1) is 8.68. The number of anilines is 1. The highest BCUT2D eigenvalue weighted by atomic mass is 15.4. The van der Waals surface area contributed by atoms with Crippen LogP contribution in [0.3, 0.4) is 0 Å². The van der Waals surface area contributed by atoms with Crippen LogP contribution in [0.1, 0.15) is 38.2 Å². The summed E-state index contributed by atoms with van der Waals surface area (Å²) in [4.78, 5) is 5.25. The minimum absolute atomic E-state index is 0.520. The quantitative estimate of drug-likeness (QED) is 0.747. The summed E-state index contributed by atoms with van der Waals surface area (Å²) in [6.45, 7) is 4.60. The summed E-state index contributed by atoms with van der Waals surface area (Å²) in [6.07, 6.45) is 5.97. The molecule has 18 heavy (non-hydrogen) atoms. The molecule has 0 spiro atoms. The van der Waals surface area contributed by atoms with Gasteiger partial charge in [0.1, 0.15) is 0 Å². The maximum atomic E-state index is 2.67. The van der Waals surface area contributed by atoms with E-state index in [0.29, 0.717) is 6.17 Å². The molecule has 2 saturated heterocycles. The van der Waals surface area contributed by atoms with Gasteiger partial charge in [-0.05, 0) is 58.2 Å². The lowest BCUT2D eigenvalue weighted by atomic mass is 9.91. The Hall–Kier alpha value is -1.02. The number of fused-ring (bicyclic) bond motifs is 4. The first-order valence-corrected chi connectivity index (χ1v) is 7.24. The van der Waals surface area contributed by atoms with E-state index in [1.165, 1.54) is 36.9 Å². The van der Waals surface area contributed by atoms with Crippen LogP contribution >= 0.6 is 0 Å². The third-order valence-electron chi connectivity index (χ3n) is 5.02. The van der Waals surface area contributed by atoms with Gasteiger partial charge in [-0.1, -0.05) is 18.2 Å². The highest BCUT2D eigenvalue weighted by molar-refractivity contribution is 5.55. The smallest absolute Gasteiger partial charge is 0.0795 e. The molecule has 0 N–H and O–H groups in total. The summed E-state index contributed by atoms with van der Waals surface area (Å²) >= 11 is 0. The van der Waals surface area contributed by atoms with E-state index in [9.17, 15) is 0 Å². The Kier molecular flexibility index (Phi) is 3.06. The van der Waals surface area contributed by atoms with Crippen molar-refractivity contribution in [1.29, 1.82) is 0 Å². The lowest BCUT2D eigenvalue weighted by Crippen LogP contribution is -2.47. The van der Waals surface area contributed by atoms with Gasteiger partial charge < -0.3 is 4.90 Å². The first kappa shape index (κ1) is 12.0. The van der Waals surface area contributed by atoms with Crippen molar-refractivity contribution >= 4 is 5.69 Å². The number of para-hydroxylation sites is 1. The fourth-order valence-corrected chi connectivity index (χ4v) is 3.80. The van der Waals surface area contributed by atoms with Crippen molar-refractivity contribution in [2.75, 3.05) is 11.9 Å². The summed E-state index contributed by atoms with van der Waals surface area (Å²) in [5, 5.41) is 0. The van der Waals surface area contributed by atoms with E-state index in [4.69, 9.17) is 0 Å². The van der Waals surface area contributed by atoms with Crippen molar-refractivity contribution in [3.63, 3.8) is 0 Å². The molecule has 0 aromatic heterocycles. The van der Waals surface area contributed by atoms with Gasteiger partial charge in [0.2, 0.25) is 0 Å². The van der Waals surface area contributed by atoms with Crippen LogP contribution in [0.15, 0.2) is 24.3 Å². The van der Waals surface area contributed by atoms with Crippen molar-refractivity contribution in [1.82, 2.24) is 4.90 Å². The van der Waals surface area contributed by atoms with Crippen molar-refractivity contribution < 1.29 is 0 Å². The number of hydrogen-bond donors (Lipinski definition) is 0. The molecule has 2 heteroatoms. The standard InChI is InChI=1S/C16H24N2/c1-12-6-4-5-7-16(12)18-13(2)17(3)14-8-10-15(18)11-9-14/h4-7,13-15H,8-11H2,1-3H3/t13-,14?,15?/m0/s1. The van der Waals surface area contributed by atoms with Crippen LogP contribution < -0.4 is 4.90 Å². The van der Waals surface area contributed by atoms with Gasteiger partial charge in [0.15, 0.2) is 0 Å². The average molecular weight is 244 g/mol. The van der Waals surface area contributed by atoms with Crippen LogP contribution in [0, 0.1) is 6.92 Å². The Morgan fingerprint density at radius 1 is 1.00 bits per heavy atom. The Labute approximate surface area is 111 Å². The lowest BCUT2D eigenvalue weighted by Gasteiger charge is -2.39. The lowest BCUT2D eigenvalue weighted by molar-refractivity contribution is 0.184. The molecule has 98 valence electrons. The van der Waals surface area contributed by atoms with Crippen LogP contribution in [-0.4, -0.2) is 30.2 Å². The van der Waals surface area contributed by atoms with E-state index < -0.39 is 0 Å². The molecule has 1 saturated carbocycles. The molecule has 2 aliphatic heterocycles. The van der Waals surface area contributed by atoms with Gasteiger partial charge in [-0.3, -0.25) is 4.90 Å². The van der Waals surface area contributed by atoms with Crippen LogP contribution in [0.4, 0.5) is 5.69 Å². The number of benzene rings is 1. The molecular weight excluding hydrogens is 220 g/mol. The monoisotopic (exact) mass is 244 g/mol. The molecule has 0 unspecified atom stereocenters. The maximum Gasteiger partial charge on any atom is 0.0795 e. The molecule has 3 fully saturated rings. The number of hydrogen-bond acceptors (Lipinski definition) is 2. The molecule has 0 amide bonds. The van der Waals surface area contributed by atoms with E-state index in [-0.39, 0.29) is 0 Å². The predicted octanol–water partition coefficient (Wildman–Crippen LogP) is 3.40. The Morgan fingerprint density at radius 2 is 1.61 bits per heavy atom. The largest absolute Gasteiger partial charge is 0.353 e. The molecule has 1 aromatic carbocycles. The summed E-state index contributed by atoms with van der Waals surface area (Å²) in [6, 6.07) is 10.4. The highest BCUT2D eigenvalue weighted by Crippen LogP contribution is 2.37. The minimum Gasteiger partial charge on any atom is -0.353 e. The third kappa shape index (κ3) is 1.83. The number of nitrogens with zero attached hydrogens (tertiary/aromatic N) is 2. The minimum atomic E-state index is 0.520. The molecule has 2 bridgehead atoms. The second-order valence-electron chi connectivity index (χ2n) is 5.95. The van der Waals surface area contributed by atoms with Crippen molar-refractivity contribution in [3.05, 3.63) is 29.8 Å². The van der Waals surface area contributed by atoms with E-state index in [0.717, 1.165) is 12.1 Å². The zero-order chi connectivity index (χ0) is 12.7. The molecule has 3 aliphatic rings. The van der Waals surface area contributed by atoms with E-state index in [1.807, 2.05) is 0 Å². The fourth-order valence-electron chi connectivity index (χ4n) is 3.80. The number of rotatable bonds is 1. The van der Waals surface area contributed by atoms with Gasteiger partial charge >= 0.3 is 0 Å². The van der Waals surface area contributed by atoms with Crippen LogP contribution in [0.25, 0.3) is 0 Å². The van der Waals surface area contributed by atoms with Crippen LogP contribution in [-0.2, 0) is 0 Å². The summed E-state index contributed by atoms with van der Waals surface area (Å²) < 4.78 is 0. The van der Waals surface area contributed by atoms with Gasteiger partial charge in [-0.25, -0.2) is 0 Å². The van der Waals surface area contributed by atoms with Crippen LogP contribution in [0.5, 0.6) is 0 Å². The van der Waals surface area contributed by atoms with Crippen molar-refractivity contribution in [2.24, 2.45) is 0 Å². The van der Waals surface area contributed by atoms with Gasteiger partial charge in [0.05, 0.1) is 6.17 Å². The molecule has 1 atom stereocenters. The normalized spacial score (nSPS) is 32.6. The first-order valence-electron chi connectivity index (χ1n) is 7.24. The summed E-state index contributed by atoms with van der Waals surface area (Å²) in [7, 11) is 2.30. The van der Waals surface area contributed by atoms with Crippen molar-refractivity contribution in [3.8, 4) is 0 Å². The second-order valence-corrected chi connectivity index (χ2v) is 5.95. The molecule has 0 radical (unpaired) electrons. The zero-order valence-electron chi connectivity index (χ0n) is 11.8. The molecular formula is C16H24N2. The topological polar surface area (TPSA) is 6.48 Å². The maximum absolute atomic E-state index is 2.67. The fraction of sp³-hybridized carbons (Fsp3) is 0.625. The van der Waals surface area contributed by atoms with Crippen molar-refractivity contribution in [2.45, 2.75) is 57.8 Å². The second kappa shape index (κ2) is 4.58. The molecule has 1 aliphatic carbocycles. The summed E-state index contributed by atoms with van der Waals surface area (Å²) in [5.41, 5.74) is 2.84. The Balaban J connectivity index is 2.01. The van der Waals surface area contributed by atoms with E-state index >= 15 is 0 Å². The zero-order valence-corrected chi connectivity index (χ0v) is 11.8. The Bertz CT molecular complexity index is 421. The molecule has 1 aromatic rings. The number of aryl methyl sites for hydroxylation is 1. The van der Waals surface area contributed by atoms with Gasteiger partial charge in [-0.15, -0.1) is 0 Å². The highest BCUT2D eigenvalue weighted by Gasteiger charge is 2.38. The summed E-state index contributed by atoms with van der Waals surface area (Å²) in [5.74, 6) is 0. The average Bonchev–Trinajstić information content (AvgIpc) is 2.58. The molecule has 2 nitrogen and oxygen atoms in total. The molecule has 2 heterocycles. The van der Waals surface area contributed by atoms with E-state index in [2.05, 4.69) is 55.0 Å². The van der Waals surface area contributed by atoms with Crippen LogP contribution in [0.2, 0.25) is 0 Å². The predicted molar refractivity (Wildman–Crippen MR) is 76.9 cm³/mol. The van der Waals surface area contributed by atoms with Gasteiger partial charge in [0, 0.05) is 17.8 Å². The third-order valence-corrected chi connectivity index (χ3v) is 5.02. The Morgan fingerprint density at radius 3 is 2.28 bits per heavy atom. The van der Waals surface area contributed by atoms with Gasteiger partial charge in [-0.2, -0.15) is 0 Å². The van der Waals surface area contributed by atoms with E-state index in [1.54, 1.807) is 0 Å². The van der Waals surface area contributed by atoms with Gasteiger partial charge in [0.25, 0.3) is 0 Å². The SMILES string of the molecule is Cc1ccccc1N1C2CCC(CC2)N(C)[C@@H]1C.